The molecule has 0 bridgehead atoms. The number of nitrogen functional groups attached to an aromatic ring is 2. The second-order valence-corrected chi connectivity index (χ2v) is 42.0. The zero-order valence-corrected chi connectivity index (χ0v) is 76.0. The van der Waals surface area contributed by atoms with Gasteiger partial charge in [-0.05, 0) is 94.8 Å². The smallest absolute Gasteiger partial charge is 0.478 e. The standard InChI is InChI=1S/C72H95N12O34P5S4/c1-6-81-51-28-26-46(126(105,106)107)35-48(51)71(2,3)56(81)21-10-7-11-22-57-72(4,5)49-36-47(127(108,109)110)27-29-52(49)82(57)32-15-9-13-24-59(86)79-50(68(90)76-30-14-8-12-23-58(85)75-31-16-19-45-39-83(70(91)80-65(45)73)60-37-53(116-120(95,96)97)54(114-60)40-112-119(92,93)94)42-125-124-34-18-25-61(87)111-33-17-20-44-38-84(67-62(44)66(74)77-43-78-67)69-64(89)63(88)55(115-69)41-113-122(101,102)118-123(103,104)117-121(98,99)100/h7,10-11,21-22,26-29,35-36,38-39,43,50,53-55,60,63-64,69,88-89H,6,8-9,12-15,18,23-25,30-34,37,40-42H2,1-5H3,(H16-,73,74,75,76,77,78,79,80,85,86,90,91,92,93,94,95,96,97,98,99,100,101,102,103,104,105,106,107,108,109,110). The number of aliphatic hydroxyl groups is 2. The average molecular weight is 1960 g/mol. The maximum atomic E-state index is 13.9. The highest BCUT2D eigenvalue weighted by Crippen LogP contribution is 2.64. The molecule has 7 heterocycles. The topological polar surface area (TPSA) is 701 Å². The van der Waals surface area contributed by atoms with E-state index in [1.807, 2.05) is 69.6 Å². The van der Waals surface area contributed by atoms with Gasteiger partial charge >= 0.3 is 42.9 Å². The van der Waals surface area contributed by atoms with E-state index in [9.17, 15) is 112 Å². The van der Waals surface area contributed by atoms with Crippen LogP contribution in [0.15, 0.2) is 106 Å². The summed E-state index contributed by atoms with van der Waals surface area (Å²) < 4.78 is 169. The third kappa shape index (κ3) is 28.9. The van der Waals surface area contributed by atoms with Crippen molar-refractivity contribution in [1.82, 2.24) is 40.0 Å². The highest BCUT2D eigenvalue weighted by Gasteiger charge is 2.49. The fourth-order valence-corrected chi connectivity index (χ4v) is 21.2. The van der Waals surface area contributed by atoms with Gasteiger partial charge in [0.15, 0.2) is 18.5 Å². The van der Waals surface area contributed by atoms with E-state index in [-0.39, 0.29) is 88.1 Å². The van der Waals surface area contributed by atoms with E-state index in [2.05, 4.69) is 77.2 Å². The number of carbonyl (C=O) groups is 4. The number of phosphoric ester groups is 3. The molecule has 3 aromatic heterocycles. The second kappa shape index (κ2) is 43.5. The Balaban J connectivity index is 0.786. The number of carbonyl (C=O) groups excluding carboxylic acids is 4. The van der Waals surface area contributed by atoms with E-state index in [0.29, 0.717) is 68.6 Å². The molecule has 10 atom stereocenters. The summed E-state index contributed by atoms with van der Waals surface area (Å²) in [4.78, 5) is 156. The Kier molecular flexibility index (Phi) is 35.3. The first-order chi connectivity index (χ1) is 59.3. The molecule has 9 rings (SSSR count). The van der Waals surface area contributed by atoms with E-state index >= 15 is 0 Å². The fraction of sp³-hybridized carbons (Fsp3) is 0.486. The Morgan fingerprint density at radius 1 is 0.732 bits per heavy atom. The Morgan fingerprint density at radius 2 is 1.39 bits per heavy atom. The van der Waals surface area contributed by atoms with Crippen molar-refractivity contribution in [3.8, 4) is 23.7 Å². The molecule has 10 unspecified atom stereocenters. The molecule has 2 aromatic carbocycles. The van der Waals surface area contributed by atoms with Crippen molar-refractivity contribution < 1.29 is 158 Å². The number of benzene rings is 2. The van der Waals surface area contributed by atoms with Crippen molar-refractivity contribution in [2.24, 2.45) is 0 Å². The number of allylic oxidation sites excluding steroid dienone is 6. The summed E-state index contributed by atoms with van der Waals surface area (Å²) in [6.45, 7) is 8.18. The molecule has 18 N–H and O–H groups in total. The summed E-state index contributed by atoms with van der Waals surface area (Å²) in [6, 6.07) is 7.83. The molecule has 4 aliphatic heterocycles. The molecule has 2 fully saturated rings. The number of hydrogen-bond donors (Lipinski definition) is 16. The number of rotatable bonds is 43. The highest BCUT2D eigenvalue weighted by molar-refractivity contribution is 8.76. The first-order valence-corrected chi connectivity index (χ1v) is 51.5. The Morgan fingerprint density at radius 3 is 2.07 bits per heavy atom. The van der Waals surface area contributed by atoms with Crippen LogP contribution in [0, 0.1) is 23.7 Å². The number of anilines is 3. The van der Waals surface area contributed by atoms with E-state index in [1.165, 1.54) is 56.6 Å². The van der Waals surface area contributed by atoms with Crippen molar-refractivity contribution in [3.63, 3.8) is 0 Å². The zero-order chi connectivity index (χ0) is 93.6. The number of likely N-dealkylation sites (N-methyl/N-ethyl adjacent to an activating group) is 1. The van der Waals surface area contributed by atoms with Crippen LogP contribution in [0.25, 0.3) is 11.0 Å². The molecule has 696 valence electrons. The third-order valence-corrected chi connectivity index (χ3v) is 28.9. The molecule has 55 heteroatoms. The lowest BCUT2D eigenvalue weighted by molar-refractivity contribution is -0.438. The number of nitrogens with two attached hydrogens (primary N) is 2. The predicted molar refractivity (Wildman–Crippen MR) is 453 cm³/mol. The molecule has 127 heavy (non-hydrogen) atoms. The van der Waals surface area contributed by atoms with Crippen molar-refractivity contribution in [1.29, 1.82) is 0 Å². The van der Waals surface area contributed by atoms with Crippen LogP contribution in [0.5, 0.6) is 0 Å². The summed E-state index contributed by atoms with van der Waals surface area (Å²) in [6.07, 6.45) is 4.07. The minimum Gasteiger partial charge on any atom is -0.756 e. The van der Waals surface area contributed by atoms with Gasteiger partial charge in [-0.1, -0.05) is 83.8 Å². The molecule has 4 aliphatic rings. The van der Waals surface area contributed by atoms with Gasteiger partial charge in [0.1, 0.15) is 72.9 Å². The number of ether oxygens (including phenoxy) is 3. The van der Waals surface area contributed by atoms with Gasteiger partial charge in [0.2, 0.25) is 23.4 Å². The van der Waals surface area contributed by atoms with Crippen LogP contribution in [0.3, 0.4) is 0 Å². The molecule has 0 radical (unpaired) electrons. The minimum absolute atomic E-state index is 0.00579. The van der Waals surface area contributed by atoms with Crippen molar-refractivity contribution in [2.45, 2.75) is 175 Å². The summed E-state index contributed by atoms with van der Waals surface area (Å²) >= 11 is 0. The van der Waals surface area contributed by atoms with E-state index in [0.717, 1.165) is 39.8 Å². The van der Waals surface area contributed by atoms with Gasteiger partial charge in [-0.3, -0.25) is 51.0 Å². The molecule has 2 saturated heterocycles. The van der Waals surface area contributed by atoms with Gasteiger partial charge in [-0.2, -0.15) is 26.4 Å². The summed E-state index contributed by atoms with van der Waals surface area (Å²) in [5.41, 5.74) is 14.3. The fourth-order valence-electron chi connectivity index (χ4n) is 14.0. The van der Waals surface area contributed by atoms with E-state index in [4.69, 9.17) is 40.0 Å². The second-order valence-electron chi connectivity index (χ2n) is 29.8. The van der Waals surface area contributed by atoms with Gasteiger partial charge in [0.05, 0.1) is 51.5 Å². The quantitative estimate of drug-likeness (QED) is 0.00387. The molecule has 0 saturated carbocycles. The Hall–Kier alpha value is -7.78. The first kappa shape index (κ1) is 103. The lowest BCUT2D eigenvalue weighted by atomic mass is 9.81. The molecule has 5 aromatic rings. The van der Waals surface area contributed by atoms with Crippen molar-refractivity contribution in [3.05, 3.63) is 124 Å². The predicted octanol–water partition coefficient (Wildman–Crippen LogP) is 3.69. The van der Waals surface area contributed by atoms with Crippen LogP contribution < -0.4 is 42.9 Å². The molecule has 0 aliphatic carbocycles. The molecular weight excluding hydrogens is 1860 g/mol. The number of aromatic nitrogens is 5. The number of nitrogens with zero attached hydrogens (tertiary/aromatic N) is 7. The zero-order valence-electron chi connectivity index (χ0n) is 68.3. The molecule has 46 nitrogen and oxygen atoms in total. The van der Waals surface area contributed by atoms with Gasteiger partial charge in [0, 0.05) is 104 Å². The van der Waals surface area contributed by atoms with E-state index in [1.54, 1.807) is 12.1 Å². The number of aliphatic hydroxyl groups excluding tert-OH is 2. The van der Waals surface area contributed by atoms with Gasteiger partial charge < -0.3 is 100 Å². The number of unbranched alkanes of at least 4 members (excludes halogenated alkanes) is 4. The van der Waals surface area contributed by atoms with Crippen LogP contribution in [0.4, 0.5) is 23.0 Å². The van der Waals surface area contributed by atoms with Gasteiger partial charge in [-0.25, -0.2) is 41.6 Å². The number of hydrogen-bond acceptors (Lipinski definition) is 33. The number of fused-ring (bicyclic) bond motifs is 3. The van der Waals surface area contributed by atoms with E-state index < -0.39 is 175 Å². The summed E-state index contributed by atoms with van der Waals surface area (Å²) in [7, 11) is -34.4. The van der Waals surface area contributed by atoms with Gasteiger partial charge in [0.25, 0.3) is 28.1 Å². The van der Waals surface area contributed by atoms with Gasteiger partial charge in [-0.15, -0.1) is 0 Å². The minimum atomic E-state index is -6.14. The first-order valence-electron chi connectivity index (χ1n) is 38.6. The van der Waals surface area contributed by atoms with Crippen molar-refractivity contribution >= 4 is 144 Å². The lowest BCUT2D eigenvalue weighted by Crippen LogP contribution is -2.48. The van der Waals surface area contributed by atoms with Crippen LogP contribution in [0.2, 0.25) is 0 Å². The molecule has 3 amide bonds. The third-order valence-electron chi connectivity index (χ3n) is 20.0. The van der Waals surface area contributed by atoms with Crippen LogP contribution in [-0.4, -0.2) is 223 Å². The lowest BCUT2D eigenvalue weighted by Gasteiger charge is -2.25. The molecular formula is C72H95N12O34P5S4. The van der Waals surface area contributed by atoms with Crippen molar-refractivity contribution in [2.75, 3.05) is 73.9 Å². The summed E-state index contributed by atoms with van der Waals surface area (Å²) in [5.74, 6) is 8.83. The number of esters is 1. The monoisotopic (exact) mass is 1950 g/mol. The largest absolute Gasteiger partial charge is 0.756 e. The highest BCUT2D eigenvalue weighted by atomic mass is 33.1. The summed E-state index contributed by atoms with van der Waals surface area (Å²) in [5, 5.41) is 30.2. The van der Waals surface area contributed by atoms with Crippen LogP contribution in [-0.2, 0) is 109 Å². The number of phosphoric acid groups is 5. The number of amides is 3. The maximum Gasteiger partial charge on any atom is 0.478 e. The molecule has 0 spiro atoms. The Bertz CT molecular complexity index is 5780. The SMILES string of the molecule is CCN1C(=CC=CC=CC2=[N+](CCCCCC(=O)NC(CSSCCCC(=O)OCC#Cc3cn(C4OC(COP(=O)(O)OP(=O)([O-])OP(=O)(O)O)C(O)C4O)c4ncnc(N)c34)C(=O)NCCCCCC(=O)NCC#Cc3cn(C4CC(OP(=O)(O)O)C(COP(=O)(O)O)O4)c(=O)nc3N)c3ccc(S(=O)(=O)O)cc3C2(C)C)C(C)(C)c2cc(S(=O)(=O)O)ccc21. The van der Waals surface area contributed by atoms with Crippen LogP contribution in [0.1, 0.15) is 140 Å². The maximum absolute atomic E-state index is 13.9. The Labute approximate surface area is 734 Å². The average Bonchev–Trinajstić information content (AvgIpc) is 1.59. The number of nitrogens with one attached hydrogen (secondary N) is 3. The normalized spacial score (nSPS) is 20.8. The van der Waals surface area contributed by atoms with Crippen LogP contribution >= 0.6 is 60.7 Å².